The van der Waals surface area contributed by atoms with E-state index in [-0.39, 0.29) is 28.7 Å². The standard InChI is InChI=1S/C21H21N5O3/c1-13(2)26(12-15-7-5-14(11-22)6-8-15)20(28)17-10-9-16-18(23-17)24(3)21(29)25(4)19(16)27/h5-10,13H,12H2,1-4H3. The maximum atomic E-state index is 13.1. The summed E-state index contributed by atoms with van der Waals surface area (Å²) in [4.78, 5) is 43.6. The van der Waals surface area contributed by atoms with Crippen molar-refractivity contribution in [3.63, 3.8) is 0 Å². The van der Waals surface area contributed by atoms with Crippen LogP contribution < -0.4 is 11.2 Å². The summed E-state index contributed by atoms with van der Waals surface area (Å²) in [6, 6.07) is 12.0. The molecule has 1 amide bonds. The fourth-order valence-electron chi connectivity index (χ4n) is 3.09. The van der Waals surface area contributed by atoms with E-state index >= 15 is 0 Å². The van der Waals surface area contributed by atoms with Gasteiger partial charge in [0.1, 0.15) is 11.3 Å². The Hall–Kier alpha value is -3.73. The zero-order valence-electron chi connectivity index (χ0n) is 16.7. The smallest absolute Gasteiger partial charge is 0.331 e. The van der Waals surface area contributed by atoms with Crippen LogP contribution in [0.3, 0.4) is 0 Å². The second-order valence-corrected chi connectivity index (χ2v) is 7.11. The molecule has 0 atom stereocenters. The molecule has 2 heterocycles. The monoisotopic (exact) mass is 391 g/mol. The van der Waals surface area contributed by atoms with Crippen LogP contribution in [0.25, 0.3) is 11.0 Å². The van der Waals surface area contributed by atoms with Crippen molar-refractivity contribution < 1.29 is 4.79 Å². The van der Waals surface area contributed by atoms with Gasteiger partial charge in [-0.05, 0) is 43.7 Å². The molecule has 8 nitrogen and oxygen atoms in total. The SMILES string of the molecule is CC(C)N(Cc1ccc(C#N)cc1)C(=O)c1ccc2c(=O)n(C)c(=O)n(C)c2n1. The molecule has 3 rings (SSSR count). The van der Waals surface area contributed by atoms with Crippen molar-refractivity contribution in [2.24, 2.45) is 14.1 Å². The maximum absolute atomic E-state index is 13.1. The lowest BCUT2D eigenvalue weighted by Gasteiger charge is -2.26. The summed E-state index contributed by atoms with van der Waals surface area (Å²) in [5, 5.41) is 9.20. The number of aryl methyl sites for hydroxylation is 1. The number of hydrogen-bond acceptors (Lipinski definition) is 5. The molecule has 0 fully saturated rings. The van der Waals surface area contributed by atoms with E-state index in [9.17, 15) is 14.4 Å². The Balaban J connectivity index is 2.02. The number of rotatable bonds is 4. The number of carbonyl (C=O) groups is 1. The molecule has 0 saturated carbocycles. The molecule has 0 N–H and O–H groups in total. The van der Waals surface area contributed by atoms with Crippen LogP contribution in [0.2, 0.25) is 0 Å². The first-order valence-corrected chi connectivity index (χ1v) is 9.11. The Morgan fingerprint density at radius 3 is 2.34 bits per heavy atom. The lowest BCUT2D eigenvalue weighted by atomic mass is 10.1. The number of benzene rings is 1. The highest BCUT2D eigenvalue weighted by atomic mass is 16.2. The van der Waals surface area contributed by atoms with Crippen molar-refractivity contribution in [2.75, 3.05) is 0 Å². The van der Waals surface area contributed by atoms with Crippen molar-refractivity contribution in [1.82, 2.24) is 19.0 Å². The number of fused-ring (bicyclic) bond motifs is 1. The first-order chi connectivity index (χ1) is 13.7. The third kappa shape index (κ3) is 3.67. The summed E-state index contributed by atoms with van der Waals surface area (Å²) >= 11 is 0. The van der Waals surface area contributed by atoms with E-state index in [1.165, 1.54) is 30.8 Å². The van der Waals surface area contributed by atoms with Gasteiger partial charge in [-0.15, -0.1) is 0 Å². The Kier molecular flexibility index (Phi) is 5.33. The van der Waals surface area contributed by atoms with Crippen LogP contribution in [0.15, 0.2) is 46.0 Å². The van der Waals surface area contributed by atoms with Crippen molar-refractivity contribution in [3.8, 4) is 6.07 Å². The molecule has 1 aromatic carbocycles. The second kappa shape index (κ2) is 7.72. The van der Waals surface area contributed by atoms with Crippen LogP contribution in [0.5, 0.6) is 0 Å². The largest absolute Gasteiger partial charge is 0.332 e. The molecule has 29 heavy (non-hydrogen) atoms. The van der Waals surface area contributed by atoms with E-state index < -0.39 is 11.2 Å². The minimum Gasteiger partial charge on any atom is -0.331 e. The van der Waals surface area contributed by atoms with Crippen LogP contribution in [-0.2, 0) is 20.6 Å². The Morgan fingerprint density at radius 2 is 1.76 bits per heavy atom. The molecule has 8 heteroatoms. The number of aromatic nitrogens is 3. The Bertz CT molecular complexity index is 1250. The van der Waals surface area contributed by atoms with E-state index in [0.717, 1.165) is 10.1 Å². The maximum Gasteiger partial charge on any atom is 0.332 e. The number of hydrogen-bond donors (Lipinski definition) is 0. The minimum absolute atomic E-state index is 0.108. The van der Waals surface area contributed by atoms with Gasteiger partial charge in [0, 0.05) is 26.7 Å². The highest BCUT2D eigenvalue weighted by molar-refractivity contribution is 5.94. The summed E-state index contributed by atoms with van der Waals surface area (Å²) in [6.45, 7) is 4.14. The van der Waals surface area contributed by atoms with Gasteiger partial charge < -0.3 is 4.90 Å². The van der Waals surface area contributed by atoms with Crippen LogP contribution in [0.4, 0.5) is 0 Å². The van der Waals surface area contributed by atoms with Crippen LogP contribution >= 0.6 is 0 Å². The summed E-state index contributed by atoms with van der Waals surface area (Å²) in [5.41, 5.74) is 0.808. The third-order valence-corrected chi connectivity index (χ3v) is 4.84. The molecule has 0 aliphatic heterocycles. The van der Waals surface area contributed by atoms with Gasteiger partial charge in [0.25, 0.3) is 11.5 Å². The second-order valence-electron chi connectivity index (χ2n) is 7.11. The van der Waals surface area contributed by atoms with Crippen LogP contribution in [0.1, 0.15) is 35.5 Å². The first kappa shape index (κ1) is 20.0. The van der Waals surface area contributed by atoms with Gasteiger partial charge in [-0.25, -0.2) is 9.78 Å². The Morgan fingerprint density at radius 1 is 1.10 bits per heavy atom. The van der Waals surface area contributed by atoms with Gasteiger partial charge >= 0.3 is 5.69 Å². The molecule has 0 spiro atoms. The van der Waals surface area contributed by atoms with Gasteiger partial charge in [0.15, 0.2) is 0 Å². The molecule has 0 bridgehead atoms. The van der Waals surface area contributed by atoms with Crippen LogP contribution in [0, 0.1) is 11.3 Å². The highest BCUT2D eigenvalue weighted by Gasteiger charge is 2.22. The summed E-state index contributed by atoms with van der Waals surface area (Å²) in [5.74, 6) is -0.306. The van der Waals surface area contributed by atoms with Crippen molar-refractivity contribution >= 4 is 16.9 Å². The lowest BCUT2D eigenvalue weighted by molar-refractivity contribution is 0.0684. The van der Waals surface area contributed by atoms with Gasteiger partial charge in [-0.1, -0.05) is 12.1 Å². The van der Waals surface area contributed by atoms with Crippen molar-refractivity contribution in [3.05, 3.63) is 74.1 Å². The number of pyridine rings is 1. The molecule has 0 saturated heterocycles. The molecule has 0 radical (unpaired) electrons. The lowest BCUT2D eigenvalue weighted by Crippen LogP contribution is -2.39. The summed E-state index contributed by atoms with van der Waals surface area (Å²) in [6.07, 6.45) is 0. The molecule has 2 aromatic heterocycles. The molecule has 3 aromatic rings. The van der Waals surface area contributed by atoms with Gasteiger partial charge in [-0.3, -0.25) is 18.7 Å². The van der Waals surface area contributed by atoms with Crippen LogP contribution in [-0.4, -0.2) is 31.0 Å². The third-order valence-electron chi connectivity index (χ3n) is 4.84. The topological polar surface area (TPSA) is 101 Å². The van der Waals surface area contributed by atoms with E-state index in [4.69, 9.17) is 5.26 Å². The average Bonchev–Trinajstić information content (AvgIpc) is 2.73. The molecule has 0 aliphatic carbocycles. The highest BCUT2D eigenvalue weighted by Crippen LogP contribution is 2.15. The number of nitrogens with zero attached hydrogens (tertiary/aromatic N) is 5. The molecule has 0 aliphatic rings. The summed E-state index contributed by atoms with van der Waals surface area (Å²) < 4.78 is 2.27. The zero-order chi connectivity index (χ0) is 21.3. The zero-order valence-corrected chi connectivity index (χ0v) is 16.7. The van der Waals surface area contributed by atoms with Crippen molar-refractivity contribution in [1.29, 1.82) is 5.26 Å². The first-order valence-electron chi connectivity index (χ1n) is 9.11. The molecule has 148 valence electrons. The van der Waals surface area contributed by atoms with Crippen molar-refractivity contribution in [2.45, 2.75) is 26.4 Å². The average molecular weight is 391 g/mol. The molecular formula is C21H21N5O3. The number of amides is 1. The predicted molar refractivity (Wildman–Crippen MR) is 108 cm³/mol. The van der Waals surface area contributed by atoms with E-state index in [2.05, 4.69) is 11.1 Å². The minimum atomic E-state index is -0.502. The molecular weight excluding hydrogens is 370 g/mol. The van der Waals surface area contributed by atoms with E-state index in [0.29, 0.717) is 12.1 Å². The summed E-state index contributed by atoms with van der Waals surface area (Å²) in [7, 11) is 2.92. The quantitative estimate of drug-likeness (QED) is 0.672. The predicted octanol–water partition coefficient (Wildman–Crippen LogP) is 1.55. The normalized spacial score (nSPS) is 10.9. The van der Waals surface area contributed by atoms with Gasteiger partial charge in [0.05, 0.1) is 17.0 Å². The van der Waals surface area contributed by atoms with Gasteiger partial charge in [0.2, 0.25) is 0 Å². The number of nitriles is 1. The van der Waals surface area contributed by atoms with E-state index in [1.807, 2.05) is 26.0 Å². The molecule has 0 unspecified atom stereocenters. The fraction of sp³-hybridized carbons (Fsp3) is 0.286. The van der Waals surface area contributed by atoms with E-state index in [1.54, 1.807) is 17.0 Å². The van der Waals surface area contributed by atoms with Gasteiger partial charge in [-0.2, -0.15) is 5.26 Å². The number of carbonyl (C=O) groups excluding carboxylic acids is 1. The Labute approximate surface area is 167 Å². The fourth-order valence-corrected chi connectivity index (χ4v) is 3.09.